The maximum absolute atomic E-state index is 12.1. The molecule has 2 aromatic rings. The first-order valence-corrected chi connectivity index (χ1v) is 7.26. The number of rotatable bonds is 6. The van der Waals surface area contributed by atoms with Crippen molar-refractivity contribution in [3.63, 3.8) is 0 Å². The molecule has 8 heteroatoms. The van der Waals surface area contributed by atoms with Crippen LogP contribution in [0.2, 0.25) is 0 Å². The third-order valence-electron chi connectivity index (χ3n) is 3.46. The third-order valence-corrected chi connectivity index (χ3v) is 3.46. The Morgan fingerprint density at radius 1 is 1.12 bits per heavy atom. The summed E-state index contributed by atoms with van der Waals surface area (Å²) in [6.45, 7) is 0.455. The van der Waals surface area contributed by atoms with Gasteiger partial charge in [-0.15, -0.1) is 0 Å². The molecule has 1 amide bonds. The summed E-state index contributed by atoms with van der Waals surface area (Å²) in [5.74, 6) is 0.776. The Morgan fingerprint density at radius 3 is 2.54 bits per heavy atom. The van der Waals surface area contributed by atoms with Gasteiger partial charge in [0.1, 0.15) is 23.8 Å². The van der Waals surface area contributed by atoms with Gasteiger partial charge in [-0.2, -0.15) is 0 Å². The Morgan fingerprint density at radius 2 is 1.83 bits per heavy atom. The molecule has 0 aliphatic rings. The van der Waals surface area contributed by atoms with E-state index in [1.54, 1.807) is 31.4 Å². The van der Waals surface area contributed by atoms with E-state index in [1.165, 1.54) is 14.1 Å². The maximum Gasteiger partial charge on any atom is 0.331 e. The lowest BCUT2D eigenvalue weighted by Crippen LogP contribution is -2.41. The zero-order valence-electron chi connectivity index (χ0n) is 13.7. The van der Waals surface area contributed by atoms with Crippen molar-refractivity contribution in [3.8, 4) is 11.5 Å². The Balaban J connectivity index is 1.94. The molecule has 0 atom stereocenters. The number of hydrogen-bond donors (Lipinski definition) is 1. The fraction of sp³-hybridized carbons (Fsp3) is 0.312. The second kappa shape index (κ2) is 7.49. The zero-order valence-corrected chi connectivity index (χ0v) is 13.7. The van der Waals surface area contributed by atoms with Gasteiger partial charge < -0.3 is 14.8 Å². The number of ether oxygens (including phenoxy) is 2. The van der Waals surface area contributed by atoms with Crippen molar-refractivity contribution in [1.29, 1.82) is 0 Å². The number of carbonyl (C=O) groups excluding carboxylic acids is 1. The summed E-state index contributed by atoms with van der Waals surface area (Å²) in [5, 5.41) is 2.61. The number of methoxy groups -OCH3 is 1. The molecule has 1 N–H and O–H groups in total. The van der Waals surface area contributed by atoms with Gasteiger partial charge >= 0.3 is 5.69 Å². The minimum absolute atomic E-state index is 0.00415. The highest BCUT2D eigenvalue weighted by Crippen LogP contribution is 2.18. The van der Waals surface area contributed by atoms with Gasteiger partial charge in [-0.1, -0.05) is 6.07 Å². The van der Waals surface area contributed by atoms with E-state index in [0.717, 1.165) is 15.2 Å². The fourth-order valence-corrected chi connectivity index (χ4v) is 2.07. The SMILES string of the molecule is COc1cccc(OCCNC(=O)c2cc(=O)n(C)c(=O)n2C)c1. The lowest BCUT2D eigenvalue weighted by molar-refractivity contribution is 0.0936. The monoisotopic (exact) mass is 333 g/mol. The molecular formula is C16H19N3O5. The van der Waals surface area contributed by atoms with Gasteiger partial charge in [0.25, 0.3) is 11.5 Å². The molecule has 0 saturated carbocycles. The minimum Gasteiger partial charge on any atom is -0.497 e. The van der Waals surface area contributed by atoms with Crippen LogP contribution in [0.1, 0.15) is 10.5 Å². The predicted molar refractivity (Wildman–Crippen MR) is 87.7 cm³/mol. The number of hydrogen-bond acceptors (Lipinski definition) is 5. The summed E-state index contributed by atoms with van der Waals surface area (Å²) >= 11 is 0. The van der Waals surface area contributed by atoms with Crippen molar-refractivity contribution < 1.29 is 14.3 Å². The standard InChI is InChI=1S/C16H19N3O5/c1-18-13(10-14(20)19(2)16(18)22)15(21)17-7-8-24-12-6-4-5-11(9-12)23-3/h4-6,9-10H,7-8H2,1-3H3,(H,17,21). The van der Waals surface area contributed by atoms with Crippen LogP contribution in [0.5, 0.6) is 11.5 Å². The number of amides is 1. The van der Waals surface area contributed by atoms with Crippen molar-refractivity contribution in [3.05, 3.63) is 56.9 Å². The number of nitrogens with one attached hydrogen (secondary N) is 1. The average molecular weight is 333 g/mol. The Labute approximate surface area is 138 Å². The van der Waals surface area contributed by atoms with E-state index in [9.17, 15) is 14.4 Å². The summed E-state index contributed by atoms with van der Waals surface area (Å²) < 4.78 is 12.6. The summed E-state index contributed by atoms with van der Waals surface area (Å²) in [7, 11) is 4.35. The van der Waals surface area contributed by atoms with Gasteiger partial charge in [0, 0.05) is 26.2 Å². The highest BCUT2D eigenvalue weighted by molar-refractivity contribution is 5.92. The Bertz CT molecular complexity index is 854. The van der Waals surface area contributed by atoms with Crippen LogP contribution >= 0.6 is 0 Å². The number of nitrogens with zero attached hydrogens (tertiary/aromatic N) is 2. The van der Waals surface area contributed by atoms with Crippen molar-refractivity contribution in [2.75, 3.05) is 20.3 Å². The molecule has 0 aliphatic heterocycles. The van der Waals surface area contributed by atoms with Gasteiger partial charge in [0.05, 0.1) is 13.7 Å². The molecule has 8 nitrogen and oxygen atoms in total. The first-order valence-electron chi connectivity index (χ1n) is 7.26. The molecule has 0 aliphatic carbocycles. The van der Waals surface area contributed by atoms with Crippen molar-refractivity contribution in [1.82, 2.24) is 14.5 Å². The molecular weight excluding hydrogens is 314 g/mol. The molecule has 1 aromatic heterocycles. The van der Waals surface area contributed by atoms with Gasteiger partial charge in [-0.05, 0) is 12.1 Å². The molecule has 0 bridgehead atoms. The molecule has 128 valence electrons. The van der Waals surface area contributed by atoms with Crippen LogP contribution in [0.25, 0.3) is 0 Å². The summed E-state index contributed by atoms with van der Waals surface area (Å²) in [6.07, 6.45) is 0. The molecule has 0 spiro atoms. The Hall–Kier alpha value is -3.03. The summed E-state index contributed by atoms with van der Waals surface area (Å²) in [4.78, 5) is 35.5. The number of aromatic nitrogens is 2. The zero-order chi connectivity index (χ0) is 17.7. The molecule has 0 unspecified atom stereocenters. The van der Waals surface area contributed by atoms with Crippen molar-refractivity contribution in [2.45, 2.75) is 0 Å². The molecule has 2 rings (SSSR count). The largest absolute Gasteiger partial charge is 0.497 e. The van der Waals surface area contributed by atoms with Crippen LogP contribution in [-0.2, 0) is 14.1 Å². The van der Waals surface area contributed by atoms with E-state index in [4.69, 9.17) is 9.47 Å². The Kier molecular flexibility index (Phi) is 5.41. The minimum atomic E-state index is -0.555. The molecule has 1 aromatic carbocycles. The van der Waals surface area contributed by atoms with Gasteiger partial charge in [-0.25, -0.2) is 4.79 Å². The van der Waals surface area contributed by atoms with E-state index < -0.39 is 17.2 Å². The molecule has 0 radical (unpaired) electrons. The maximum atomic E-state index is 12.1. The second-order valence-corrected chi connectivity index (χ2v) is 5.05. The topological polar surface area (TPSA) is 91.6 Å². The molecule has 0 saturated heterocycles. The third kappa shape index (κ3) is 3.83. The van der Waals surface area contributed by atoms with E-state index in [2.05, 4.69) is 5.32 Å². The quantitative estimate of drug-likeness (QED) is 0.746. The summed E-state index contributed by atoms with van der Waals surface area (Å²) in [6, 6.07) is 8.22. The molecule has 24 heavy (non-hydrogen) atoms. The van der Waals surface area contributed by atoms with Crippen LogP contribution in [0.4, 0.5) is 0 Å². The van der Waals surface area contributed by atoms with Crippen LogP contribution in [0.15, 0.2) is 39.9 Å². The van der Waals surface area contributed by atoms with Crippen LogP contribution in [-0.4, -0.2) is 35.3 Å². The lowest BCUT2D eigenvalue weighted by Gasteiger charge is -2.11. The number of benzene rings is 1. The van der Waals surface area contributed by atoms with Crippen LogP contribution < -0.4 is 26.0 Å². The first kappa shape index (κ1) is 17.3. The summed E-state index contributed by atoms with van der Waals surface area (Å²) in [5.41, 5.74) is -1.08. The first-order chi connectivity index (χ1) is 11.4. The van der Waals surface area contributed by atoms with Crippen molar-refractivity contribution in [2.24, 2.45) is 14.1 Å². The second-order valence-electron chi connectivity index (χ2n) is 5.05. The normalized spacial score (nSPS) is 10.3. The average Bonchev–Trinajstić information content (AvgIpc) is 2.60. The van der Waals surface area contributed by atoms with E-state index in [0.29, 0.717) is 11.5 Å². The van der Waals surface area contributed by atoms with E-state index in [-0.39, 0.29) is 18.8 Å². The fourth-order valence-electron chi connectivity index (χ4n) is 2.07. The lowest BCUT2D eigenvalue weighted by atomic mass is 10.3. The predicted octanol–water partition coefficient (Wildman–Crippen LogP) is -0.0986. The van der Waals surface area contributed by atoms with E-state index in [1.807, 2.05) is 0 Å². The molecule has 0 fully saturated rings. The van der Waals surface area contributed by atoms with Crippen LogP contribution in [0, 0.1) is 0 Å². The van der Waals surface area contributed by atoms with Gasteiger partial charge in [0.2, 0.25) is 0 Å². The van der Waals surface area contributed by atoms with Gasteiger partial charge in [0.15, 0.2) is 0 Å². The highest BCUT2D eigenvalue weighted by atomic mass is 16.5. The van der Waals surface area contributed by atoms with Gasteiger partial charge in [-0.3, -0.25) is 18.7 Å². The smallest absolute Gasteiger partial charge is 0.331 e. The highest BCUT2D eigenvalue weighted by Gasteiger charge is 2.13. The number of carbonyl (C=O) groups is 1. The van der Waals surface area contributed by atoms with Crippen molar-refractivity contribution >= 4 is 5.91 Å². The van der Waals surface area contributed by atoms with E-state index >= 15 is 0 Å². The molecule has 1 heterocycles. The van der Waals surface area contributed by atoms with Crippen LogP contribution in [0.3, 0.4) is 0 Å².